The van der Waals surface area contributed by atoms with Gasteiger partial charge in [-0.05, 0) is 19.8 Å². The number of rotatable bonds is 6. The van der Waals surface area contributed by atoms with Crippen molar-refractivity contribution in [3.63, 3.8) is 0 Å². The van der Waals surface area contributed by atoms with Crippen LogP contribution in [0, 0.1) is 17.2 Å². The van der Waals surface area contributed by atoms with Crippen LogP contribution in [0.25, 0.3) is 0 Å². The van der Waals surface area contributed by atoms with Gasteiger partial charge >= 0.3 is 0 Å². The number of nitriles is 1. The third kappa shape index (κ3) is 5.92. The molecule has 0 heterocycles. The van der Waals surface area contributed by atoms with E-state index in [2.05, 4.69) is 23.3 Å². The molecule has 0 spiro atoms. The summed E-state index contributed by atoms with van der Waals surface area (Å²) < 4.78 is 0. The van der Waals surface area contributed by atoms with Crippen LogP contribution < -0.4 is 10.6 Å². The summed E-state index contributed by atoms with van der Waals surface area (Å²) in [6.07, 6.45) is 1.98. The second-order valence-corrected chi connectivity index (χ2v) is 3.95. The lowest BCUT2D eigenvalue weighted by Gasteiger charge is -2.17. The number of allylic oxidation sites excluding steroid dienone is 2. The molecular formula is C12H21N3. The average Bonchev–Trinajstić information content (AvgIpc) is 2.15. The fourth-order valence-corrected chi connectivity index (χ4v) is 1.14. The molecule has 1 atom stereocenters. The maximum absolute atomic E-state index is 8.89. The summed E-state index contributed by atoms with van der Waals surface area (Å²) in [5, 5.41) is 15.2. The van der Waals surface area contributed by atoms with Crippen molar-refractivity contribution in [2.45, 2.75) is 33.7 Å². The Morgan fingerprint density at radius 1 is 1.53 bits per heavy atom. The molecule has 0 bridgehead atoms. The highest BCUT2D eigenvalue weighted by Crippen LogP contribution is 2.01. The van der Waals surface area contributed by atoms with Crippen molar-refractivity contribution < 1.29 is 0 Å². The Bertz CT molecular complexity index is 271. The molecule has 3 nitrogen and oxygen atoms in total. The number of hydrogen-bond donors (Lipinski definition) is 2. The van der Waals surface area contributed by atoms with Gasteiger partial charge < -0.3 is 5.32 Å². The van der Waals surface area contributed by atoms with Gasteiger partial charge in [0.25, 0.3) is 0 Å². The van der Waals surface area contributed by atoms with Crippen molar-refractivity contribution in [1.82, 2.24) is 10.6 Å². The van der Waals surface area contributed by atoms with Crippen LogP contribution in [0.2, 0.25) is 0 Å². The third-order valence-corrected chi connectivity index (χ3v) is 2.04. The van der Waals surface area contributed by atoms with E-state index in [0.29, 0.717) is 12.5 Å². The van der Waals surface area contributed by atoms with Crippen LogP contribution in [0.4, 0.5) is 0 Å². The molecule has 0 saturated carbocycles. The Labute approximate surface area is 92.9 Å². The van der Waals surface area contributed by atoms with Gasteiger partial charge in [-0.3, -0.25) is 5.32 Å². The van der Waals surface area contributed by atoms with Gasteiger partial charge in [0.15, 0.2) is 0 Å². The molecule has 0 aliphatic heterocycles. The van der Waals surface area contributed by atoms with Crippen LogP contribution in [-0.4, -0.2) is 12.6 Å². The molecule has 0 aromatic heterocycles. The van der Waals surface area contributed by atoms with Crippen molar-refractivity contribution >= 4 is 0 Å². The minimum atomic E-state index is -0.105. The minimum Gasteiger partial charge on any atom is -0.362 e. The quantitative estimate of drug-likeness (QED) is 0.701. The fraction of sp³-hybridized carbons (Fsp3) is 0.583. The Balaban J connectivity index is 4.12. The van der Waals surface area contributed by atoms with E-state index in [-0.39, 0.29) is 6.04 Å². The highest BCUT2D eigenvalue weighted by Gasteiger charge is 2.11. The summed E-state index contributed by atoms with van der Waals surface area (Å²) in [7, 11) is 0. The van der Waals surface area contributed by atoms with Crippen molar-refractivity contribution in [2.75, 3.05) is 6.54 Å². The smallest absolute Gasteiger partial charge is 0.0979 e. The van der Waals surface area contributed by atoms with Crippen molar-refractivity contribution in [1.29, 1.82) is 5.26 Å². The molecule has 0 amide bonds. The first-order valence-corrected chi connectivity index (χ1v) is 5.22. The van der Waals surface area contributed by atoms with Crippen LogP contribution in [0.5, 0.6) is 0 Å². The van der Waals surface area contributed by atoms with Crippen LogP contribution in [0.15, 0.2) is 24.0 Å². The van der Waals surface area contributed by atoms with Gasteiger partial charge in [0.05, 0.1) is 12.1 Å². The van der Waals surface area contributed by atoms with Crippen LogP contribution in [0.3, 0.4) is 0 Å². The molecule has 0 aromatic rings. The summed E-state index contributed by atoms with van der Waals surface area (Å²) >= 11 is 0. The van der Waals surface area contributed by atoms with Crippen LogP contribution in [-0.2, 0) is 0 Å². The van der Waals surface area contributed by atoms with Crippen molar-refractivity contribution in [3.8, 4) is 6.07 Å². The summed E-state index contributed by atoms with van der Waals surface area (Å²) in [5.41, 5.74) is 1.95. The minimum absolute atomic E-state index is 0.105. The predicted molar refractivity (Wildman–Crippen MR) is 63.9 cm³/mol. The predicted octanol–water partition coefficient (Wildman–Crippen LogP) is 2.15. The first-order valence-electron chi connectivity index (χ1n) is 5.22. The molecule has 0 aliphatic carbocycles. The van der Waals surface area contributed by atoms with Crippen molar-refractivity contribution in [3.05, 3.63) is 24.0 Å². The van der Waals surface area contributed by atoms with Gasteiger partial charge in [-0.15, -0.1) is 0 Å². The standard InChI is InChI=1S/C12H21N3/c1-6-11(15-10(4)5)8-14-12(7-13)9(2)3/h6,9,12,14-15H,4,8H2,1-3,5H3/b11-6-. The molecule has 0 saturated heterocycles. The maximum atomic E-state index is 8.89. The second-order valence-electron chi connectivity index (χ2n) is 3.95. The third-order valence-electron chi connectivity index (χ3n) is 2.04. The van der Waals surface area contributed by atoms with Crippen LogP contribution in [0.1, 0.15) is 27.7 Å². The average molecular weight is 207 g/mol. The lowest BCUT2D eigenvalue weighted by atomic mass is 10.1. The van der Waals surface area contributed by atoms with Gasteiger partial charge in [0.2, 0.25) is 0 Å². The van der Waals surface area contributed by atoms with E-state index in [0.717, 1.165) is 11.4 Å². The normalized spacial score (nSPS) is 13.5. The monoisotopic (exact) mass is 207 g/mol. The van der Waals surface area contributed by atoms with Gasteiger partial charge in [0.1, 0.15) is 0 Å². The molecule has 15 heavy (non-hydrogen) atoms. The topological polar surface area (TPSA) is 47.8 Å². The molecule has 3 heteroatoms. The Morgan fingerprint density at radius 2 is 2.13 bits per heavy atom. The summed E-state index contributed by atoms with van der Waals surface area (Å²) in [4.78, 5) is 0. The zero-order chi connectivity index (χ0) is 11.8. The van der Waals surface area contributed by atoms with E-state index in [9.17, 15) is 0 Å². The van der Waals surface area contributed by atoms with Crippen LogP contribution >= 0.6 is 0 Å². The van der Waals surface area contributed by atoms with Gasteiger partial charge in [-0.1, -0.05) is 26.5 Å². The summed E-state index contributed by atoms with van der Waals surface area (Å²) in [6.45, 7) is 12.4. The van der Waals surface area contributed by atoms with E-state index >= 15 is 0 Å². The van der Waals surface area contributed by atoms with Gasteiger partial charge in [-0.2, -0.15) is 5.26 Å². The van der Waals surface area contributed by atoms with E-state index in [4.69, 9.17) is 5.26 Å². The molecule has 0 aliphatic rings. The fourth-order valence-electron chi connectivity index (χ4n) is 1.14. The summed E-state index contributed by atoms with van der Waals surface area (Å²) in [6, 6.07) is 2.14. The number of hydrogen-bond acceptors (Lipinski definition) is 3. The first-order chi connectivity index (χ1) is 7.01. The lowest BCUT2D eigenvalue weighted by Crippen LogP contribution is -2.35. The van der Waals surface area contributed by atoms with Gasteiger partial charge in [0, 0.05) is 17.9 Å². The van der Waals surface area contributed by atoms with E-state index in [1.165, 1.54) is 0 Å². The largest absolute Gasteiger partial charge is 0.362 e. The highest BCUT2D eigenvalue weighted by atomic mass is 15.0. The Kier molecular flexibility index (Phi) is 6.48. The van der Waals surface area contributed by atoms with Crippen molar-refractivity contribution in [2.24, 2.45) is 5.92 Å². The second kappa shape index (κ2) is 7.08. The molecule has 0 fully saturated rings. The zero-order valence-electron chi connectivity index (χ0n) is 10.1. The maximum Gasteiger partial charge on any atom is 0.0979 e. The Hall–Kier alpha value is -1.27. The van der Waals surface area contributed by atoms with E-state index < -0.39 is 0 Å². The molecule has 0 aromatic carbocycles. The molecule has 0 rings (SSSR count). The SMILES string of the molecule is C=C(C)N/C(=C\C)CNC(C#N)C(C)C. The lowest BCUT2D eigenvalue weighted by molar-refractivity contribution is 0.484. The van der Waals surface area contributed by atoms with E-state index in [1.807, 2.05) is 33.8 Å². The molecule has 0 radical (unpaired) electrons. The Morgan fingerprint density at radius 3 is 2.47 bits per heavy atom. The number of nitrogens with one attached hydrogen (secondary N) is 2. The highest BCUT2D eigenvalue weighted by molar-refractivity contribution is 5.09. The molecule has 1 unspecified atom stereocenters. The zero-order valence-corrected chi connectivity index (χ0v) is 10.1. The first kappa shape index (κ1) is 13.7. The summed E-state index contributed by atoms with van der Waals surface area (Å²) in [5.74, 6) is 0.318. The molecule has 84 valence electrons. The van der Waals surface area contributed by atoms with E-state index in [1.54, 1.807) is 0 Å². The number of nitrogens with zero attached hydrogens (tertiary/aromatic N) is 1. The molecular weight excluding hydrogens is 186 g/mol. The van der Waals surface area contributed by atoms with Gasteiger partial charge in [-0.25, -0.2) is 0 Å². The molecule has 2 N–H and O–H groups in total.